The van der Waals surface area contributed by atoms with Crippen LogP contribution in [-0.2, 0) is 6.42 Å². The Labute approximate surface area is 115 Å². The number of fused-ring (bicyclic) bond motifs is 1. The van der Waals surface area contributed by atoms with Gasteiger partial charge >= 0.3 is 0 Å². The molecule has 18 heavy (non-hydrogen) atoms. The summed E-state index contributed by atoms with van der Waals surface area (Å²) in [6, 6.07) is 7.63. The average Bonchev–Trinajstić information content (AvgIpc) is 2.88. The van der Waals surface area contributed by atoms with Gasteiger partial charge in [0, 0.05) is 17.1 Å². The summed E-state index contributed by atoms with van der Waals surface area (Å²) in [5, 5.41) is 4.76. The molecule has 2 heteroatoms. The fourth-order valence-electron chi connectivity index (χ4n) is 3.62. The van der Waals surface area contributed by atoms with E-state index in [2.05, 4.69) is 31.3 Å². The number of halogens is 1. The highest BCUT2D eigenvalue weighted by Gasteiger charge is 2.33. The third-order valence-corrected chi connectivity index (χ3v) is 5.30. The van der Waals surface area contributed by atoms with Crippen LogP contribution in [0.2, 0.25) is 5.02 Å². The molecular weight excluding hydrogens is 242 g/mol. The highest BCUT2D eigenvalue weighted by Crippen LogP contribution is 2.37. The highest BCUT2D eigenvalue weighted by molar-refractivity contribution is 6.30. The molecule has 0 aliphatic heterocycles. The smallest absolute Gasteiger partial charge is 0.0408 e. The first kappa shape index (κ1) is 12.5. The average molecular weight is 264 g/mol. The lowest BCUT2D eigenvalue weighted by Gasteiger charge is -2.24. The van der Waals surface area contributed by atoms with Crippen molar-refractivity contribution in [1.29, 1.82) is 0 Å². The van der Waals surface area contributed by atoms with Gasteiger partial charge in [0.15, 0.2) is 0 Å². The topological polar surface area (TPSA) is 12.0 Å². The molecular formula is C16H22ClN. The monoisotopic (exact) mass is 263 g/mol. The Bertz CT molecular complexity index is 443. The number of aryl methyl sites for hydroxylation is 1. The largest absolute Gasteiger partial charge is 0.307 e. The number of rotatable bonds is 2. The molecule has 2 aliphatic rings. The van der Waals surface area contributed by atoms with Gasteiger partial charge in [0.2, 0.25) is 0 Å². The Morgan fingerprint density at radius 2 is 2.00 bits per heavy atom. The van der Waals surface area contributed by atoms with Gasteiger partial charge in [-0.2, -0.15) is 0 Å². The highest BCUT2D eigenvalue weighted by atomic mass is 35.5. The lowest BCUT2D eigenvalue weighted by molar-refractivity contribution is 0.338. The van der Waals surface area contributed by atoms with Crippen molar-refractivity contribution >= 4 is 11.6 Å². The van der Waals surface area contributed by atoms with Crippen molar-refractivity contribution in [3.63, 3.8) is 0 Å². The Kier molecular flexibility index (Phi) is 3.38. The zero-order valence-electron chi connectivity index (χ0n) is 11.2. The lowest BCUT2D eigenvalue weighted by Crippen LogP contribution is -2.34. The molecule has 0 amide bonds. The quantitative estimate of drug-likeness (QED) is 0.836. The van der Waals surface area contributed by atoms with Crippen LogP contribution in [0.25, 0.3) is 0 Å². The van der Waals surface area contributed by atoms with Gasteiger partial charge in [-0.15, -0.1) is 0 Å². The van der Waals surface area contributed by atoms with Crippen molar-refractivity contribution in [2.45, 2.75) is 51.6 Å². The summed E-state index contributed by atoms with van der Waals surface area (Å²) in [7, 11) is 0. The van der Waals surface area contributed by atoms with Gasteiger partial charge in [0.05, 0.1) is 0 Å². The van der Waals surface area contributed by atoms with E-state index in [9.17, 15) is 0 Å². The first-order valence-corrected chi connectivity index (χ1v) is 7.57. The number of nitrogens with one attached hydrogen (secondary N) is 1. The SMILES string of the molecule is CC1CCC(NC2CCc3cc(Cl)ccc32)C1C. The molecule has 1 aromatic rings. The van der Waals surface area contributed by atoms with E-state index in [-0.39, 0.29) is 0 Å². The van der Waals surface area contributed by atoms with Gasteiger partial charge in [-0.05, 0) is 60.8 Å². The third-order valence-electron chi connectivity index (χ3n) is 5.06. The fourth-order valence-corrected chi connectivity index (χ4v) is 3.81. The molecule has 0 spiro atoms. The fraction of sp³-hybridized carbons (Fsp3) is 0.625. The molecule has 1 aromatic carbocycles. The van der Waals surface area contributed by atoms with Crippen LogP contribution >= 0.6 is 11.6 Å². The van der Waals surface area contributed by atoms with Crippen molar-refractivity contribution < 1.29 is 0 Å². The van der Waals surface area contributed by atoms with E-state index < -0.39 is 0 Å². The molecule has 1 fully saturated rings. The van der Waals surface area contributed by atoms with Gasteiger partial charge < -0.3 is 5.32 Å². The maximum atomic E-state index is 6.06. The standard InChI is InChI=1S/C16H22ClN/c1-10-3-7-15(11(10)2)18-16-8-4-12-9-13(17)5-6-14(12)16/h5-6,9-11,15-16,18H,3-4,7-8H2,1-2H3. The Balaban J connectivity index is 1.73. The van der Waals surface area contributed by atoms with E-state index in [0.29, 0.717) is 12.1 Å². The van der Waals surface area contributed by atoms with Crippen molar-refractivity contribution in [2.24, 2.45) is 11.8 Å². The number of hydrogen-bond acceptors (Lipinski definition) is 1. The van der Waals surface area contributed by atoms with E-state index in [1.807, 2.05) is 6.07 Å². The van der Waals surface area contributed by atoms with Gasteiger partial charge in [-0.25, -0.2) is 0 Å². The second-order valence-electron chi connectivity index (χ2n) is 6.12. The molecule has 1 nitrogen and oxygen atoms in total. The van der Waals surface area contributed by atoms with Crippen molar-refractivity contribution in [1.82, 2.24) is 5.32 Å². The number of hydrogen-bond donors (Lipinski definition) is 1. The minimum absolute atomic E-state index is 0.551. The maximum Gasteiger partial charge on any atom is 0.0408 e. The molecule has 0 radical (unpaired) electrons. The Morgan fingerprint density at radius 1 is 1.17 bits per heavy atom. The van der Waals surface area contributed by atoms with Crippen LogP contribution in [0.15, 0.2) is 18.2 Å². The second kappa shape index (κ2) is 4.86. The van der Waals surface area contributed by atoms with E-state index in [1.165, 1.54) is 36.8 Å². The molecule has 2 aliphatic carbocycles. The molecule has 1 N–H and O–H groups in total. The lowest BCUT2D eigenvalue weighted by atomic mass is 9.96. The summed E-state index contributed by atoms with van der Waals surface area (Å²) < 4.78 is 0. The van der Waals surface area contributed by atoms with E-state index in [0.717, 1.165) is 16.9 Å². The minimum atomic E-state index is 0.551. The minimum Gasteiger partial charge on any atom is -0.307 e. The van der Waals surface area contributed by atoms with Crippen molar-refractivity contribution in [3.8, 4) is 0 Å². The van der Waals surface area contributed by atoms with Crippen LogP contribution < -0.4 is 5.32 Å². The number of benzene rings is 1. The van der Waals surface area contributed by atoms with Gasteiger partial charge in [-0.3, -0.25) is 0 Å². The molecule has 98 valence electrons. The summed E-state index contributed by atoms with van der Waals surface area (Å²) in [6.07, 6.45) is 5.11. The molecule has 0 heterocycles. The van der Waals surface area contributed by atoms with Crippen LogP contribution in [0, 0.1) is 11.8 Å². The van der Waals surface area contributed by atoms with Crippen molar-refractivity contribution in [3.05, 3.63) is 34.3 Å². The molecule has 4 unspecified atom stereocenters. The van der Waals surface area contributed by atoms with Crippen LogP contribution in [0.1, 0.15) is 50.3 Å². The summed E-state index contributed by atoms with van der Waals surface area (Å²) in [5.74, 6) is 1.68. The molecule has 1 saturated carbocycles. The van der Waals surface area contributed by atoms with Gasteiger partial charge in [0.1, 0.15) is 0 Å². The Morgan fingerprint density at radius 3 is 2.72 bits per heavy atom. The summed E-state index contributed by atoms with van der Waals surface area (Å²) >= 11 is 6.06. The van der Waals surface area contributed by atoms with E-state index in [4.69, 9.17) is 11.6 Å². The van der Waals surface area contributed by atoms with Crippen LogP contribution in [0.3, 0.4) is 0 Å². The van der Waals surface area contributed by atoms with Gasteiger partial charge in [-0.1, -0.05) is 31.5 Å². The van der Waals surface area contributed by atoms with Crippen LogP contribution in [0.5, 0.6) is 0 Å². The maximum absolute atomic E-state index is 6.06. The summed E-state index contributed by atoms with van der Waals surface area (Å²) in [6.45, 7) is 4.78. The normalized spacial score (nSPS) is 34.8. The third kappa shape index (κ3) is 2.19. The van der Waals surface area contributed by atoms with Crippen molar-refractivity contribution in [2.75, 3.05) is 0 Å². The van der Waals surface area contributed by atoms with E-state index >= 15 is 0 Å². The Hall–Kier alpha value is -0.530. The molecule has 0 bridgehead atoms. The summed E-state index contributed by atoms with van der Waals surface area (Å²) in [4.78, 5) is 0. The predicted molar refractivity (Wildman–Crippen MR) is 77.0 cm³/mol. The van der Waals surface area contributed by atoms with E-state index in [1.54, 1.807) is 0 Å². The first-order chi connectivity index (χ1) is 8.65. The van der Waals surface area contributed by atoms with Crippen LogP contribution in [0.4, 0.5) is 0 Å². The second-order valence-corrected chi connectivity index (χ2v) is 6.56. The summed E-state index contributed by atoms with van der Waals surface area (Å²) in [5.41, 5.74) is 2.92. The molecule has 0 aromatic heterocycles. The molecule has 4 atom stereocenters. The molecule has 0 saturated heterocycles. The van der Waals surface area contributed by atoms with Crippen LogP contribution in [-0.4, -0.2) is 6.04 Å². The predicted octanol–water partition coefficient (Wildman–Crippen LogP) is 4.35. The molecule has 3 rings (SSSR count). The zero-order valence-corrected chi connectivity index (χ0v) is 12.0. The first-order valence-electron chi connectivity index (χ1n) is 7.19. The van der Waals surface area contributed by atoms with Gasteiger partial charge in [0.25, 0.3) is 0 Å². The zero-order chi connectivity index (χ0) is 12.7.